The summed E-state index contributed by atoms with van der Waals surface area (Å²) in [5, 5.41) is 6.86. The fraction of sp³-hybridized carbons (Fsp3) is 0.714. The Balaban J connectivity index is 1.89. The number of aromatic amines is 1. The summed E-state index contributed by atoms with van der Waals surface area (Å²) in [6, 6.07) is 0.195. The van der Waals surface area contributed by atoms with Gasteiger partial charge in [0.05, 0.1) is 11.9 Å². The van der Waals surface area contributed by atoms with E-state index in [0.717, 1.165) is 31.7 Å². The number of nitrogens with one attached hydrogen (secondary N) is 1. The number of nitrogens with two attached hydrogens (primary N) is 1. The summed E-state index contributed by atoms with van der Waals surface area (Å²) in [4.78, 5) is 16.0. The van der Waals surface area contributed by atoms with Gasteiger partial charge >= 0.3 is 6.09 Å². The first-order valence-electron chi connectivity index (χ1n) is 7.27. The topological polar surface area (TPSA) is 87.5 Å². The Morgan fingerprint density at radius 1 is 1.48 bits per heavy atom. The third-order valence-corrected chi connectivity index (χ3v) is 3.66. The summed E-state index contributed by atoms with van der Waals surface area (Å²) in [6.07, 6.45) is 3.12. The molecule has 2 rings (SSSR count). The average Bonchev–Trinajstić information content (AvgIpc) is 2.82. The van der Waals surface area contributed by atoms with Crippen molar-refractivity contribution in [2.45, 2.75) is 45.3 Å². The van der Waals surface area contributed by atoms with Gasteiger partial charge in [0.15, 0.2) is 0 Å². The van der Waals surface area contributed by atoms with E-state index in [1.165, 1.54) is 0 Å². The summed E-state index contributed by atoms with van der Waals surface area (Å²) < 4.78 is 5.41. The zero-order valence-corrected chi connectivity index (χ0v) is 13.2. The van der Waals surface area contributed by atoms with Crippen molar-refractivity contribution >= 4 is 17.6 Å². The van der Waals surface area contributed by atoms with Crippen molar-refractivity contribution in [3.8, 4) is 0 Å². The lowest BCUT2D eigenvalue weighted by Crippen LogP contribution is -2.47. The molecule has 1 aromatic rings. The molecular formula is C14H25N5O2. The number of aromatic nitrogens is 2. The molecule has 0 spiro atoms. The van der Waals surface area contributed by atoms with Gasteiger partial charge in [-0.25, -0.2) is 4.79 Å². The Kier molecular flexibility index (Phi) is 4.29. The number of hydrogen-bond donors (Lipinski definition) is 2. The summed E-state index contributed by atoms with van der Waals surface area (Å²) in [7, 11) is 1.80. The number of ether oxygens (including phenoxy) is 1. The number of nitrogens with zero attached hydrogens (tertiary/aromatic N) is 3. The van der Waals surface area contributed by atoms with E-state index >= 15 is 0 Å². The SMILES string of the molecule is CN(C(=O)OC(C)(C)C)C1CCN(c2[nH]ncc2N)CC1. The van der Waals surface area contributed by atoms with Crippen LogP contribution < -0.4 is 10.6 Å². The zero-order chi connectivity index (χ0) is 15.6. The van der Waals surface area contributed by atoms with Crippen LogP contribution in [0.25, 0.3) is 0 Å². The van der Waals surface area contributed by atoms with Gasteiger partial charge in [-0.3, -0.25) is 5.10 Å². The molecule has 0 saturated carbocycles. The molecule has 0 bridgehead atoms. The van der Waals surface area contributed by atoms with E-state index in [9.17, 15) is 4.79 Å². The van der Waals surface area contributed by atoms with Crippen molar-refractivity contribution in [1.29, 1.82) is 0 Å². The Hall–Kier alpha value is -1.92. The molecule has 0 radical (unpaired) electrons. The Morgan fingerprint density at radius 2 is 2.10 bits per heavy atom. The van der Waals surface area contributed by atoms with E-state index in [0.29, 0.717) is 5.69 Å². The molecule has 1 fully saturated rings. The van der Waals surface area contributed by atoms with Crippen LogP contribution in [0, 0.1) is 0 Å². The summed E-state index contributed by atoms with van der Waals surface area (Å²) in [6.45, 7) is 7.31. The second-order valence-electron chi connectivity index (χ2n) is 6.48. The lowest BCUT2D eigenvalue weighted by atomic mass is 10.0. The van der Waals surface area contributed by atoms with E-state index < -0.39 is 5.60 Å². The van der Waals surface area contributed by atoms with Gasteiger partial charge in [0, 0.05) is 26.2 Å². The van der Waals surface area contributed by atoms with Crippen LogP contribution in [0.1, 0.15) is 33.6 Å². The van der Waals surface area contributed by atoms with Crippen molar-refractivity contribution in [1.82, 2.24) is 15.1 Å². The third-order valence-electron chi connectivity index (χ3n) is 3.66. The predicted octanol–water partition coefficient (Wildman–Crippen LogP) is 1.83. The number of carbonyl (C=O) groups excluding carboxylic acids is 1. The van der Waals surface area contributed by atoms with E-state index in [1.807, 2.05) is 20.8 Å². The highest BCUT2D eigenvalue weighted by Gasteiger charge is 2.29. The van der Waals surface area contributed by atoms with Gasteiger partial charge in [0.25, 0.3) is 0 Å². The Morgan fingerprint density at radius 3 is 2.57 bits per heavy atom. The maximum absolute atomic E-state index is 12.1. The molecule has 118 valence electrons. The first kappa shape index (κ1) is 15.5. The first-order valence-corrected chi connectivity index (χ1v) is 7.27. The number of nitrogen functional groups attached to an aromatic ring is 1. The summed E-state index contributed by atoms with van der Waals surface area (Å²) >= 11 is 0. The van der Waals surface area contributed by atoms with Crippen LogP contribution in [0.5, 0.6) is 0 Å². The molecule has 21 heavy (non-hydrogen) atoms. The van der Waals surface area contributed by atoms with Crippen LogP contribution in [0.2, 0.25) is 0 Å². The number of carbonyl (C=O) groups is 1. The number of rotatable bonds is 2. The molecule has 1 aliphatic rings. The van der Waals surface area contributed by atoms with Crippen LogP contribution in [0.3, 0.4) is 0 Å². The minimum atomic E-state index is -0.462. The van der Waals surface area contributed by atoms with Crippen LogP contribution >= 0.6 is 0 Å². The highest BCUT2D eigenvalue weighted by Crippen LogP contribution is 2.25. The van der Waals surface area contributed by atoms with Gasteiger partial charge < -0.3 is 20.3 Å². The Bertz CT molecular complexity index is 486. The molecular weight excluding hydrogens is 270 g/mol. The summed E-state index contributed by atoms with van der Waals surface area (Å²) in [5.74, 6) is 0.869. The maximum atomic E-state index is 12.1. The molecule has 1 aromatic heterocycles. The van der Waals surface area contributed by atoms with Gasteiger partial charge in [-0.1, -0.05) is 0 Å². The normalized spacial score (nSPS) is 16.9. The Labute approximate surface area is 125 Å². The molecule has 0 aliphatic carbocycles. The van der Waals surface area contributed by atoms with Crippen molar-refractivity contribution < 1.29 is 9.53 Å². The average molecular weight is 295 g/mol. The number of amides is 1. The third kappa shape index (κ3) is 3.80. The van der Waals surface area contributed by atoms with Gasteiger partial charge in [0.1, 0.15) is 11.4 Å². The quantitative estimate of drug-likeness (QED) is 0.869. The van der Waals surface area contributed by atoms with Crippen molar-refractivity contribution in [2.75, 3.05) is 30.8 Å². The maximum Gasteiger partial charge on any atom is 0.410 e. The van der Waals surface area contributed by atoms with Gasteiger partial charge in [0.2, 0.25) is 0 Å². The molecule has 1 aliphatic heterocycles. The fourth-order valence-electron chi connectivity index (χ4n) is 2.50. The van der Waals surface area contributed by atoms with Gasteiger partial charge in [-0.2, -0.15) is 5.10 Å². The van der Waals surface area contributed by atoms with Crippen molar-refractivity contribution in [3.63, 3.8) is 0 Å². The van der Waals surface area contributed by atoms with Crippen molar-refractivity contribution in [3.05, 3.63) is 6.20 Å². The van der Waals surface area contributed by atoms with E-state index in [4.69, 9.17) is 10.5 Å². The molecule has 1 saturated heterocycles. The predicted molar refractivity (Wildman–Crippen MR) is 82.2 cm³/mol. The smallest absolute Gasteiger partial charge is 0.410 e. The summed E-state index contributed by atoms with van der Waals surface area (Å²) in [5.41, 5.74) is 6.06. The number of anilines is 2. The van der Waals surface area contributed by atoms with E-state index in [2.05, 4.69) is 15.1 Å². The number of H-pyrrole nitrogens is 1. The molecule has 2 heterocycles. The van der Waals surface area contributed by atoms with Crippen LogP contribution in [0.15, 0.2) is 6.20 Å². The molecule has 7 nitrogen and oxygen atoms in total. The minimum absolute atomic E-state index is 0.195. The van der Waals surface area contributed by atoms with Crippen LogP contribution in [0.4, 0.5) is 16.3 Å². The fourth-order valence-corrected chi connectivity index (χ4v) is 2.50. The lowest BCUT2D eigenvalue weighted by Gasteiger charge is -2.37. The first-order chi connectivity index (χ1) is 9.78. The molecule has 0 atom stereocenters. The van der Waals surface area contributed by atoms with Crippen LogP contribution in [-0.4, -0.2) is 53.0 Å². The number of hydrogen-bond acceptors (Lipinski definition) is 5. The monoisotopic (exact) mass is 295 g/mol. The minimum Gasteiger partial charge on any atom is -0.444 e. The molecule has 7 heteroatoms. The number of piperidine rings is 1. The van der Waals surface area contributed by atoms with Crippen LogP contribution in [-0.2, 0) is 4.74 Å². The van der Waals surface area contributed by atoms with Gasteiger partial charge in [-0.15, -0.1) is 0 Å². The molecule has 0 unspecified atom stereocenters. The standard InChI is InChI=1S/C14H25N5O2/c1-14(2,3)21-13(20)18(4)10-5-7-19(8-6-10)12-11(15)9-16-17-12/h9-10H,5-8,15H2,1-4H3,(H,16,17). The van der Waals surface area contributed by atoms with Crippen molar-refractivity contribution in [2.24, 2.45) is 0 Å². The molecule has 1 amide bonds. The van der Waals surface area contributed by atoms with Gasteiger partial charge in [-0.05, 0) is 33.6 Å². The highest BCUT2D eigenvalue weighted by molar-refractivity contribution is 5.68. The largest absolute Gasteiger partial charge is 0.444 e. The highest BCUT2D eigenvalue weighted by atomic mass is 16.6. The van der Waals surface area contributed by atoms with E-state index in [-0.39, 0.29) is 12.1 Å². The second kappa shape index (κ2) is 5.83. The second-order valence-corrected chi connectivity index (χ2v) is 6.48. The zero-order valence-electron chi connectivity index (χ0n) is 13.2. The molecule has 0 aromatic carbocycles. The lowest BCUT2D eigenvalue weighted by molar-refractivity contribution is 0.0201. The molecule has 3 N–H and O–H groups in total. The van der Waals surface area contributed by atoms with E-state index in [1.54, 1.807) is 18.1 Å².